The Kier molecular flexibility index (Phi) is 7.93. The molecule has 0 aromatic heterocycles. The first-order valence-electron chi connectivity index (χ1n) is 9.56. The minimum absolute atomic E-state index is 0.502. The molecule has 0 bridgehead atoms. The second-order valence-corrected chi connectivity index (χ2v) is 8.99. The molecule has 0 unspecified atom stereocenters. The molecule has 0 aliphatic heterocycles. The van der Waals surface area contributed by atoms with Gasteiger partial charge in [-0.25, -0.2) is 0 Å². The van der Waals surface area contributed by atoms with Gasteiger partial charge < -0.3 is 5.82 Å². The predicted molar refractivity (Wildman–Crippen MR) is 99.0 cm³/mol. The largest absolute Gasteiger partial charge is 0.314 e. The van der Waals surface area contributed by atoms with Gasteiger partial charge in [-0.3, -0.25) is 0 Å². The molecule has 0 heterocycles. The Bertz CT molecular complexity index is 310. The molecule has 1 aliphatic carbocycles. The summed E-state index contributed by atoms with van der Waals surface area (Å²) < 4.78 is 0. The highest BCUT2D eigenvalue weighted by molar-refractivity contribution is 6.87. The molecule has 1 saturated carbocycles. The average Bonchev–Trinajstić information content (AvgIpc) is 2.35. The highest BCUT2D eigenvalue weighted by atomic mass is 14.1. The van der Waals surface area contributed by atoms with Gasteiger partial charge in [0, 0.05) is 5.92 Å². The predicted octanol–water partition coefficient (Wildman–Crippen LogP) is 6.53. The van der Waals surface area contributed by atoms with Gasteiger partial charge in [-0.05, 0) is 12.8 Å². The van der Waals surface area contributed by atoms with Gasteiger partial charge in [0.2, 0.25) is 0 Å². The molecule has 0 spiro atoms. The molecule has 1 fully saturated rings. The third kappa shape index (κ3) is 7.44. The molecule has 0 amide bonds. The topological polar surface area (TPSA) is 0 Å². The quantitative estimate of drug-likeness (QED) is 0.385. The van der Waals surface area contributed by atoms with E-state index in [0.717, 1.165) is 17.8 Å². The first kappa shape index (κ1) is 18.7. The van der Waals surface area contributed by atoms with E-state index in [1.807, 2.05) is 0 Å². The van der Waals surface area contributed by atoms with Gasteiger partial charge in [-0.15, -0.1) is 5.92 Å². The number of rotatable bonds is 6. The summed E-state index contributed by atoms with van der Waals surface area (Å²) >= 11 is 0. The van der Waals surface area contributed by atoms with Crippen LogP contribution in [0.3, 0.4) is 0 Å². The maximum Gasteiger partial charge on any atom is 0.0716 e. The molecular formula is C20H38B-. The van der Waals surface area contributed by atoms with Gasteiger partial charge in [0.05, 0.1) is 6.15 Å². The second kappa shape index (κ2) is 8.92. The molecule has 1 heteroatoms. The van der Waals surface area contributed by atoms with Crippen molar-refractivity contribution in [3.63, 3.8) is 0 Å². The van der Waals surface area contributed by atoms with E-state index in [0.29, 0.717) is 5.92 Å². The Labute approximate surface area is 134 Å². The molecule has 0 aromatic rings. The van der Waals surface area contributed by atoms with Crippen molar-refractivity contribution in [2.75, 3.05) is 0 Å². The van der Waals surface area contributed by atoms with Crippen LogP contribution in [0, 0.1) is 35.4 Å². The molecule has 0 aromatic carbocycles. The van der Waals surface area contributed by atoms with E-state index in [9.17, 15) is 0 Å². The van der Waals surface area contributed by atoms with Crippen molar-refractivity contribution in [2.45, 2.75) is 92.6 Å². The Morgan fingerprint density at radius 3 is 1.57 bits per heavy atom. The normalized spacial score (nSPS) is 17.4. The fourth-order valence-electron chi connectivity index (χ4n) is 4.71. The summed E-state index contributed by atoms with van der Waals surface area (Å²) in [6, 6.07) is 0. The Hall–Kier alpha value is -0.375. The third-order valence-electron chi connectivity index (χ3n) is 4.97. The molecular weight excluding hydrogens is 251 g/mol. The zero-order valence-corrected chi connectivity index (χ0v) is 15.5. The van der Waals surface area contributed by atoms with Crippen LogP contribution in [0.2, 0.25) is 19.0 Å². The smallest absolute Gasteiger partial charge is 0.0716 e. The van der Waals surface area contributed by atoms with Crippen LogP contribution in [0.15, 0.2) is 0 Å². The van der Waals surface area contributed by atoms with Crippen molar-refractivity contribution < 1.29 is 0 Å². The average molecular weight is 289 g/mol. The van der Waals surface area contributed by atoms with Crippen LogP contribution in [0.1, 0.15) is 73.6 Å². The van der Waals surface area contributed by atoms with E-state index in [1.165, 1.54) is 51.1 Å². The molecule has 0 nitrogen and oxygen atoms in total. The van der Waals surface area contributed by atoms with Crippen LogP contribution >= 0.6 is 0 Å². The van der Waals surface area contributed by atoms with Crippen molar-refractivity contribution in [3.8, 4) is 11.7 Å². The van der Waals surface area contributed by atoms with Crippen LogP contribution in [-0.4, -0.2) is 6.15 Å². The van der Waals surface area contributed by atoms with Crippen molar-refractivity contribution in [3.05, 3.63) is 0 Å². The maximum atomic E-state index is 3.91. The summed E-state index contributed by atoms with van der Waals surface area (Å²) in [5.41, 5.74) is 0. The van der Waals surface area contributed by atoms with Crippen molar-refractivity contribution in [1.82, 2.24) is 0 Å². The molecule has 1 aliphatic rings. The molecule has 122 valence electrons. The molecule has 21 heavy (non-hydrogen) atoms. The van der Waals surface area contributed by atoms with E-state index in [-0.39, 0.29) is 0 Å². The van der Waals surface area contributed by atoms with E-state index >= 15 is 0 Å². The van der Waals surface area contributed by atoms with Crippen molar-refractivity contribution >= 4 is 6.15 Å². The summed E-state index contributed by atoms with van der Waals surface area (Å²) in [6.07, 6.45) is 10.4. The number of hydrogen-bond donors (Lipinski definition) is 0. The van der Waals surface area contributed by atoms with Crippen LogP contribution in [0.5, 0.6) is 0 Å². The Morgan fingerprint density at radius 1 is 0.762 bits per heavy atom. The lowest BCUT2D eigenvalue weighted by Crippen LogP contribution is -2.37. The summed E-state index contributed by atoms with van der Waals surface area (Å²) in [6.45, 7) is 14.2. The summed E-state index contributed by atoms with van der Waals surface area (Å²) in [5, 5.41) is 0. The maximum absolute atomic E-state index is 3.91. The van der Waals surface area contributed by atoms with E-state index < -0.39 is 6.15 Å². The summed E-state index contributed by atoms with van der Waals surface area (Å²) in [4.78, 5) is 0. The van der Waals surface area contributed by atoms with Crippen molar-refractivity contribution in [1.29, 1.82) is 0 Å². The third-order valence-corrected chi connectivity index (χ3v) is 4.97. The zero-order valence-electron chi connectivity index (χ0n) is 15.5. The molecule has 0 saturated heterocycles. The first-order valence-corrected chi connectivity index (χ1v) is 9.56. The minimum atomic E-state index is -0.502. The van der Waals surface area contributed by atoms with Gasteiger partial charge in [0.25, 0.3) is 0 Å². The Balaban J connectivity index is 2.92. The SMILES string of the molecule is CC(C)C[B-](C#CC1CCCCC1)(CC(C)C)CC(C)C. The van der Waals surface area contributed by atoms with Gasteiger partial charge >= 0.3 is 0 Å². The lowest BCUT2D eigenvalue weighted by molar-refractivity contribution is 0.430. The number of hydrogen-bond acceptors (Lipinski definition) is 0. The van der Waals surface area contributed by atoms with Gasteiger partial charge in [-0.1, -0.05) is 78.6 Å². The summed E-state index contributed by atoms with van der Waals surface area (Å²) in [7, 11) is 0. The van der Waals surface area contributed by atoms with Gasteiger partial charge in [0.15, 0.2) is 0 Å². The van der Waals surface area contributed by atoms with E-state index in [4.69, 9.17) is 0 Å². The first-order chi connectivity index (χ1) is 9.83. The monoisotopic (exact) mass is 289 g/mol. The van der Waals surface area contributed by atoms with Crippen LogP contribution in [0.25, 0.3) is 0 Å². The highest BCUT2D eigenvalue weighted by Crippen LogP contribution is 2.32. The highest BCUT2D eigenvalue weighted by Gasteiger charge is 2.26. The standard InChI is InChI=1S/C20H38B/c1-17(2)14-21(15-18(3)4,16-19(5)6)13-12-20-10-8-7-9-11-20/h17-20H,7-11,14-16H2,1-6H3/q-1. The van der Waals surface area contributed by atoms with Gasteiger partial charge in [-0.2, -0.15) is 19.0 Å². The van der Waals surface area contributed by atoms with Crippen LogP contribution in [0.4, 0.5) is 0 Å². The lowest BCUT2D eigenvalue weighted by atomic mass is 9.18. The van der Waals surface area contributed by atoms with Crippen molar-refractivity contribution in [2.24, 2.45) is 23.7 Å². The molecule has 0 atom stereocenters. The van der Waals surface area contributed by atoms with E-state index in [1.54, 1.807) is 0 Å². The fourth-order valence-corrected chi connectivity index (χ4v) is 4.71. The van der Waals surface area contributed by atoms with Crippen LogP contribution in [-0.2, 0) is 0 Å². The summed E-state index contributed by atoms with van der Waals surface area (Å²) in [5.74, 6) is 10.7. The second-order valence-electron chi connectivity index (χ2n) is 8.99. The zero-order chi connectivity index (χ0) is 15.9. The fraction of sp³-hybridized carbons (Fsp3) is 0.900. The van der Waals surface area contributed by atoms with Crippen LogP contribution < -0.4 is 0 Å². The molecule has 0 radical (unpaired) electrons. The molecule has 0 N–H and O–H groups in total. The lowest BCUT2D eigenvalue weighted by Gasteiger charge is -2.40. The Morgan fingerprint density at radius 2 is 1.19 bits per heavy atom. The minimum Gasteiger partial charge on any atom is -0.314 e. The molecule has 1 rings (SSSR count). The van der Waals surface area contributed by atoms with Gasteiger partial charge in [0.1, 0.15) is 0 Å². The van der Waals surface area contributed by atoms with E-state index in [2.05, 4.69) is 53.3 Å².